The van der Waals surface area contributed by atoms with Gasteiger partial charge in [-0.2, -0.15) is 4.98 Å². The fourth-order valence-corrected chi connectivity index (χ4v) is 2.17. The minimum atomic E-state index is -0.734. The zero-order valence-electron chi connectivity index (χ0n) is 13.3. The first-order chi connectivity index (χ1) is 9.34. The van der Waals surface area contributed by atoms with Gasteiger partial charge in [-0.1, -0.05) is 20.8 Å². The fourth-order valence-electron chi connectivity index (χ4n) is 2.17. The van der Waals surface area contributed by atoms with Crippen LogP contribution in [0, 0.1) is 12.8 Å². The maximum atomic E-state index is 10.3. The number of aromatic nitrogens is 2. The topological polar surface area (TPSA) is 70.1 Å². The van der Waals surface area contributed by atoms with Crippen LogP contribution in [0.3, 0.4) is 0 Å². The standard InChI is InChI=1S/C15H28N4O/c1-6-7-16-14-17-9-12(4)13(19-14)18-10-15(5,20)8-11(2)3/h9,11,20H,6-8,10H2,1-5H3,(H2,16,17,18,19). The van der Waals surface area contributed by atoms with Crippen molar-refractivity contribution in [2.75, 3.05) is 23.7 Å². The zero-order chi connectivity index (χ0) is 15.2. The highest BCUT2D eigenvalue weighted by Crippen LogP contribution is 2.19. The molecule has 1 atom stereocenters. The minimum Gasteiger partial charge on any atom is -0.388 e. The summed E-state index contributed by atoms with van der Waals surface area (Å²) in [7, 11) is 0. The van der Waals surface area contributed by atoms with E-state index in [1.54, 1.807) is 6.20 Å². The highest BCUT2D eigenvalue weighted by molar-refractivity contribution is 5.46. The van der Waals surface area contributed by atoms with Gasteiger partial charge in [-0.15, -0.1) is 0 Å². The van der Waals surface area contributed by atoms with Crippen LogP contribution in [0.4, 0.5) is 11.8 Å². The summed E-state index contributed by atoms with van der Waals surface area (Å²) in [6.45, 7) is 11.5. The molecule has 0 aliphatic carbocycles. The summed E-state index contributed by atoms with van der Waals surface area (Å²) in [5.74, 6) is 1.87. The van der Waals surface area contributed by atoms with Crippen LogP contribution in [0.1, 0.15) is 46.1 Å². The molecule has 0 aliphatic rings. The highest BCUT2D eigenvalue weighted by Gasteiger charge is 2.22. The van der Waals surface area contributed by atoms with Gasteiger partial charge in [-0.3, -0.25) is 0 Å². The predicted molar refractivity (Wildman–Crippen MR) is 84.1 cm³/mol. The molecule has 0 radical (unpaired) electrons. The highest BCUT2D eigenvalue weighted by atomic mass is 16.3. The molecule has 5 nitrogen and oxygen atoms in total. The van der Waals surface area contributed by atoms with Crippen molar-refractivity contribution in [3.63, 3.8) is 0 Å². The van der Waals surface area contributed by atoms with Crippen molar-refractivity contribution < 1.29 is 5.11 Å². The lowest BCUT2D eigenvalue weighted by molar-refractivity contribution is 0.0514. The number of hydrogen-bond acceptors (Lipinski definition) is 5. The Kier molecular flexibility index (Phi) is 6.20. The Hall–Kier alpha value is -1.36. The summed E-state index contributed by atoms with van der Waals surface area (Å²) < 4.78 is 0. The lowest BCUT2D eigenvalue weighted by atomic mass is 9.94. The van der Waals surface area contributed by atoms with Gasteiger partial charge < -0.3 is 15.7 Å². The number of aryl methyl sites for hydroxylation is 1. The van der Waals surface area contributed by atoms with Gasteiger partial charge >= 0.3 is 0 Å². The van der Waals surface area contributed by atoms with E-state index >= 15 is 0 Å². The normalized spacial score (nSPS) is 14.2. The van der Waals surface area contributed by atoms with E-state index in [1.807, 2.05) is 13.8 Å². The van der Waals surface area contributed by atoms with Gasteiger partial charge in [0.15, 0.2) is 0 Å². The molecule has 0 saturated carbocycles. The Balaban J connectivity index is 2.66. The van der Waals surface area contributed by atoms with Crippen LogP contribution < -0.4 is 10.6 Å². The molecule has 1 heterocycles. The maximum Gasteiger partial charge on any atom is 0.224 e. The zero-order valence-corrected chi connectivity index (χ0v) is 13.3. The molecule has 0 bridgehead atoms. The first-order valence-corrected chi connectivity index (χ1v) is 7.38. The van der Waals surface area contributed by atoms with Crippen LogP contribution in [0.25, 0.3) is 0 Å². The van der Waals surface area contributed by atoms with Crippen LogP contribution >= 0.6 is 0 Å². The SMILES string of the molecule is CCCNc1ncc(C)c(NCC(C)(O)CC(C)C)n1. The third-order valence-electron chi connectivity index (χ3n) is 2.99. The fraction of sp³-hybridized carbons (Fsp3) is 0.733. The van der Waals surface area contributed by atoms with Gasteiger partial charge in [0.25, 0.3) is 0 Å². The van der Waals surface area contributed by atoms with E-state index < -0.39 is 5.60 Å². The molecule has 1 aromatic heterocycles. The van der Waals surface area contributed by atoms with Crippen molar-refractivity contribution in [3.8, 4) is 0 Å². The lowest BCUT2D eigenvalue weighted by Crippen LogP contribution is -2.35. The minimum absolute atomic E-state index is 0.458. The number of nitrogens with zero attached hydrogens (tertiary/aromatic N) is 2. The van der Waals surface area contributed by atoms with Crippen molar-refractivity contribution in [2.24, 2.45) is 5.92 Å². The molecule has 0 spiro atoms. The molecular weight excluding hydrogens is 252 g/mol. The number of anilines is 2. The average Bonchev–Trinajstić information content (AvgIpc) is 2.34. The van der Waals surface area contributed by atoms with Crippen LogP contribution in [0.15, 0.2) is 6.20 Å². The quantitative estimate of drug-likeness (QED) is 0.683. The second kappa shape index (κ2) is 7.43. The number of rotatable bonds is 8. The summed E-state index contributed by atoms with van der Waals surface area (Å²) in [6, 6.07) is 0. The van der Waals surface area contributed by atoms with Gasteiger partial charge in [0.05, 0.1) is 5.60 Å². The van der Waals surface area contributed by atoms with E-state index in [0.29, 0.717) is 18.4 Å². The molecular formula is C15H28N4O. The smallest absolute Gasteiger partial charge is 0.224 e. The average molecular weight is 280 g/mol. The molecule has 1 aromatic rings. The van der Waals surface area contributed by atoms with E-state index in [-0.39, 0.29) is 0 Å². The summed E-state index contributed by atoms with van der Waals surface area (Å²) >= 11 is 0. The predicted octanol–water partition coefficient (Wildman–Crippen LogP) is 2.82. The number of nitrogens with one attached hydrogen (secondary N) is 2. The van der Waals surface area contributed by atoms with Gasteiger partial charge in [0.1, 0.15) is 5.82 Å². The molecule has 0 amide bonds. The number of aliphatic hydroxyl groups is 1. The summed E-state index contributed by atoms with van der Waals surface area (Å²) in [6.07, 6.45) is 3.58. The lowest BCUT2D eigenvalue weighted by Gasteiger charge is -2.26. The molecule has 114 valence electrons. The summed E-state index contributed by atoms with van der Waals surface area (Å²) in [4.78, 5) is 8.69. The van der Waals surface area contributed by atoms with Gasteiger partial charge in [-0.05, 0) is 32.6 Å². The van der Waals surface area contributed by atoms with Crippen molar-refractivity contribution in [3.05, 3.63) is 11.8 Å². The van der Waals surface area contributed by atoms with Crippen molar-refractivity contribution in [1.29, 1.82) is 0 Å². The molecule has 0 saturated heterocycles. The van der Waals surface area contributed by atoms with Crippen LogP contribution in [0.5, 0.6) is 0 Å². The third kappa shape index (κ3) is 5.74. The van der Waals surface area contributed by atoms with E-state index in [2.05, 4.69) is 41.4 Å². The Morgan fingerprint density at radius 1 is 1.35 bits per heavy atom. The Morgan fingerprint density at radius 3 is 2.65 bits per heavy atom. The molecule has 1 rings (SSSR count). The van der Waals surface area contributed by atoms with Gasteiger partial charge in [-0.25, -0.2) is 4.98 Å². The van der Waals surface area contributed by atoms with Crippen molar-refractivity contribution in [1.82, 2.24) is 9.97 Å². The van der Waals surface area contributed by atoms with E-state index in [1.165, 1.54) is 0 Å². The molecule has 1 unspecified atom stereocenters. The molecule has 0 aliphatic heterocycles. The Labute approximate surface area is 122 Å². The Morgan fingerprint density at radius 2 is 2.05 bits per heavy atom. The van der Waals surface area contributed by atoms with E-state index in [9.17, 15) is 5.11 Å². The molecule has 5 heteroatoms. The first kappa shape index (κ1) is 16.7. The van der Waals surface area contributed by atoms with E-state index in [0.717, 1.165) is 30.8 Å². The largest absolute Gasteiger partial charge is 0.388 e. The second-order valence-electron chi connectivity index (χ2n) is 6.10. The van der Waals surface area contributed by atoms with Crippen molar-refractivity contribution in [2.45, 2.75) is 53.1 Å². The molecule has 20 heavy (non-hydrogen) atoms. The van der Waals surface area contributed by atoms with Crippen molar-refractivity contribution >= 4 is 11.8 Å². The molecule has 0 fully saturated rings. The second-order valence-corrected chi connectivity index (χ2v) is 6.10. The van der Waals surface area contributed by atoms with Gasteiger partial charge in [0.2, 0.25) is 5.95 Å². The molecule has 3 N–H and O–H groups in total. The first-order valence-electron chi connectivity index (χ1n) is 7.38. The van der Waals surface area contributed by atoms with Crippen LogP contribution in [-0.2, 0) is 0 Å². The Bertz CT molecular complexity index is 418. The van der Waals surface area contributed by atoms with Crippen LogP contribution in [0.2, 0.25) is 0 Å². The van der Waals surface area contributed by atoms with Gasteiger partial charge in [0, 0.05) is 24.8 Å². The number of hydrogen-bond donors (Lipinski definition) is 3. The molecule has 0 aromatic carbocycles. The van der Waals surface area contributed by atoms with E-state index in [4.69, 9.17) is 0 Å². The monoisotopic (exact) mass is 280 g/mol. The maximum absolute atomic E-state index is 10.3. The summed E-state index contributed by atoms with van der Waals surface area (Å²) in [5.41, 5.74) is 0.246. The summed E-state index contributed by atoms with van der Waals surface area (Å²) in [5, 5.41) is 16.7. The van der Waals surface area contributed by atoms with Crippen LogP contribution in [-0.4, -0.2) is 33.8 Å². The third-order valence-corrected chi connectivity index (χ3v) is 2.99.